The smallest absolute Gasteiger partial charge is 0.241 e. The van der Waals surface area contributed by atoms with Gasteiger partial charge in [-0.1, -0.05) is 19.9 Å². The average molecular weight is 277 g/mol. The van der Waals surface area contributed by atoms with Crippen LogP contribution in [0.1, 0.15) is 39.2 Å². The summed E-state index contributed by atoms with van der Waals surface area (Å²) in [5, 5.41) is 2.97. The van der Waals surface area contributed by atoms with E-state index in [0.717, 1.165) is 24.1 Å². The van der Waals surface area contributed by atoms with Crippen LogP contribution in [0, 0.1) is 6.92 Å². The van der Waals surface area contributed by atoms with E-state index in [4.69, 9.17) is 5.73 Å². The number of nitrogens with zero attached hydrogens (tertiary/aromatic N) is 1. The SMILES string of the molecule is CCC(CC)N(C)C(C)C(=O)Nc1cc(N)ccc1C. The normalized spacial score (nSPS) is 12.8. The first-order valence-corrected chi connectivity index (χ1v) is 7.29. The quantitative estimate of drug-likeness (QED) is 0.786. The summed E-state index contributed by atoms with van der Waals surface area (Å²) in [6.45, 7) is 8.20. The molecule has 1 atom stereocenters. The van der Waals surface area contributed by atoms with Gasteiger partial charge in [0.2, 0.25) is 5.91 Å². The van der Waals surface area contributed by atoms with Gasteiger partial charge in [-0.2, -0.15) is 0 Å². The van der Waals surface area contributed by atoms with Gasteiger partial charge in [0.15, 0.2) is 0 Å². The molecule has 112 valence electrons. The van der Waals surface area contributed by atoms with Crippen LogP contribution in [0.5, 0.6) is 0 Å². The molecular weight excluding hydrogens is 250 g/mol. The Labute approximate surface area is 122 Å². The number of aryl methyl sites for hydroxylation is 1. The summed E-state index contributed by atoms with van der Waals surface area (Å²) in [6, 6.07) is 5.82. The third kappa shape index (κ3) is 3.97. The number of hydrogen-bond acceptors (Lipinski definition) is 3. The van der Waals surface area contributed by atoms with E-state index in [1.807, 2.05) is 33.0 Å². The summed E-state index contributed by atoms with van der Waals surface area (Å²) < 4.78 is 0. The van der Waals surface area contributed by atoms with Gasteiger partial charge in [-0.15, -0.1) is 0 Å². The van der Waals surface area contributed by atoms with E-state index in [1.165, 1.54) is 0 Å². The summed E-state index contributed by atoms with van der Waals surface area (Å²) in [5.74, 6) is 0.00750. The first-order valence-electron chi connectivity index (χ1n) is 7.29. The zero-order valence-corrected chi connectivity index (χ0v) is 13.2. The van der Waals surface area contributed by atoms with Gasteiger partial charge in [-0.05, 0) is 51.4 Å². The Morgan fingerprint density at radius 2 is 1.95 bits per heavy atom. The Bertz CT molecular complexity index is 455. The van der Waals surface area contributed by atoms with Crippen molar-refractivity contribution in [2.45, 2.75) is 52.6 Å². The Morgan fingerprint density at radius 3 is 2.50 bits per heavy atom. The molecule has 0 heterocycles. The number of nitrogen functional groups attached to an aromatic ring is 1. The van der Waals surface area contributed by atoms with Crippen molar-refractivity contribution >= 4 is 17.3 Å². The van der Waals surface area contributed by atoms with E-state index >= 15 is 0 Å². The number of rotatable bonds is 6. The maximum Gasteiger partial charge on any atom is 0.241 e. The molecule has 1 amide bonds. The molecule has 0 aliphatic rings. The summed E-state index contributed by atoms with van der Waals surface area (Å²) in [5.41, 5.74) is 8.24. The van der Waals surface area contributed by atoms with E-state index in [2.05, 4.69) is 24.1 Å². The molecule has 20 heavy (non-hydrogen) atoms. The Kier molecular flexibility index (Phi) is 6.02. The fourth-order valence-electron chi connectivity index (χ4n) is 2.38. The molecule has 0 aromatic heterocycles. The maximum absolute atomic E-state index is 12.4. The lowest BCUT2D eigenvalue weighted by Gasteiger charge is -2.31. The minimum Gasteiger partial charge on any atom is -0.399 e. The molecule has 0 aliphatic heterocycles. The third-order valence-corrected chi connectivity index (χ3v) is 4.03. The number of nitrogens with one attached hydrogen (secondary N) is 1. The summed E-state index contributed by atoms with van der Waals surface area (Å²) >= 11 is 0. The van der Waals surface area contributed by atoms with Gasteiger partial charge in [0.1, 0.15) is 0 Å². The van der Waals surface area contributed by atoms with Crippen molar-refractivity contribution < 1.29 is 4.79 Å². The van der Waals surface area contributed by atoms with E-state index in [-0.39, 0.29) is 11.9 Å². The molecule has 1 aromatic carbocycles. The molecule has 1 unspecified atom stereocenters. The van der Waals surface area contributed by atoms with Crippen molar-refractivity contribution in [1.82, 2.24) is 4.90 Å². The highest BCUT2D eigenvalue weighted by Crippen LogP contribution is 2.19. The van der Waals surface area contributed by atoms with Gasteiger partial charge in [-0.3, -0.25) is 9.69 Å². The van der Waals surface area contributed by atoms with Crippen molar-refractivity contribution in [2.24, 2.45) is 0 Å². The van der Waals surface area contributed by atoms with Gasteiger partial charge in [-0.25, -0.2) is 0 Å². The summed E-state index contributed by atoms with van der Waals surface area (Å²) in [6.07, 6.45) is 2.09. The van der Waals surface area contributed by atoms with Gasteiger partial charge in [0.05, 0.1) is 6.04 Å². The first kappa shape index (κ1) is 16.5. The van der Waals surface area contributed by atoms with Gasteiger partial charge >= 0.3 is 0 Å². The highest BCUT2D eigenvalue weighted by Gasteiger charge is 2.23. The second kappa shape index (κ2) is 7.29. The number of nitrogens with two attached hydrogens (primary N) is 1. The van der Waals surface area contributed by atoms with Gasteiger partial charge in [0.25, 0.3) is 0 Å². The molecule has 0 radical (unpaired) electrons. The molecule has 0 fully saturated rings. The highest BCUT2D eigenvalue weighted by molar-refractivity contribution is 5.95. The number of amides is 1. The molecule has 4 nitrogen and oxygen atoms in total. The lowest BCUT2D eigenvalue weighted by Crippen LogP contribution is -2.45. The van der Waals surface area contributed by atoms with Crippen LogP contribution in [0.3, 0.4) is 0 Å². The van der Waals surface area contributed by atoms with Crippen molar-refractivity contribution in [1.29, 1.82) is 0 Å². The Hall–Kier alpha value is -1.55. The van der Waals surface area contributed by atoms with E-state index < -0.39 is 0 Å². The van der Waals surface area contributed by atoms with Gasteiger partial charge in [0, 0.05) is 17.4 Å². The second-order valence-electron chi connectivity index (χ2n) is 5.38. The highest BCUT2D eigenvalue weighted by atomic mass is 16.2. The molecule has 3 N–H and O–H groups in total. The third-order valence-electron chi connectivity index (χ3n) is 4.03. The number of benzene rings is 1. The van der Waals surface area contributed by atoms with Crippen LogP contribution in [0.25, 0.3) is 0 Å². The van der Waals surface area contributed by atoms with Crippen LogP contribution in [0.4, 0.5) is 11.4 Å². The number of anilines is 2. The zero-order valence-electron chi connectivity index (χ0n) is 13.2. The van der Waals surface area contributed by atoms with Crippen LogP contribution in [0.2, 0.25) is 0 Å². The summed E-state index contributed by atoms with van der Waals surface area (Å²) in [7, 11) is 2.01. The lowest BCUT2D eigenvalue weighted by molar-refractivity contribution is -0.121. The zero-order chi connectivity index (χ0) is 15.3. The fraction of sp³-hybridized carbons (Fsp3) is 0.562. The van der Waals surface area contributed by atoms with E-state index in [1.54, 1.807) is 6.07 Å². The molecule has 0 saturated heterocycles. The Balaban J connectivity index is 2.77. The van der Waals surface area contributed by atoms with Crippen LogP contribution in [0.15, 0.2) is 18.2 Å². The molecule has 4 heteroatoms. The summed E-state index contributed by atoms with van der Waals surface area (Å²) in [4.78, 5) is 14.5. The number of carbonyl (C=O) groups excluding carboxylic acids is 1. The fourth-order valence-corrected chi connectivity index (χ4v) is 2.38. The molecule has 0 spiro atoms. The number of likely N-dealkylation sites (N-methyl/N-ethyl adjacent to an activating group) is 1. The minimum atomic E-state index is -0.166. The predicted octanol–water partition coefficient (Wildman–Crippen LogP) is 3.02. The largest absolute Gasteiger partial charge is 0.399 e. The van der Waals surface area contributed by atoms with Crippen molar-refractivity contribution in [3.05, 3.63) is 23.8 Å². The molecular formula is C16H27N3O. The number of hydrogen-bond donors (Lipinski definition) is 2. The van der Waals surface area contributed by atoms with Crippen molar-refractivity contribution in [3.8, 4) is 0 Å². The van der Waals surface area contributed by atoms with Crippen LogP contribution in [-0.4, -0.2) is 29.9 Å². The maximum atomic E-state index is 12.4. The first-order chi connectivity index (χ1) is 9.40. The molecule has 0 bridgehead atoms. The van der Waals surface area contributed by atoms with Gasteiger partial charge < -0.3 is 11.1 Å². The average Bonchev–Trinajstić information content (AvgIpc) is 2.43. The molecule has 0 aliphatic carbocycles. The molecule has 0 saturated carbocycles. The molecule has 1 aromatic rings. The van der Waals surface area contributed by atoms with Crippen molar-refractivity contribution in [2.75, 3.05) is 18.1 Å². The number of carbonyl (C=O) groups is 1. The monoisotopic (exact) mass is 277 g/mol. The van der Waals surface area contributed by atoms with E-state index in [0.29, 0.717) is 11.7 Å². The molecule has 1 rings (SSSR count). The van der Waals surface area contributed by atoms with Crippen LogP contribution in [-0.2, 0) is 4.79 Å². The van der Waals surface area contributed by atoms with Crippen molar-refractivity contribution in [3.63, 3.8) is 0 Å². The lowest BCUT2D eigenvalue weighted by atomic mass is 10.1. The predicted molar refractivity (Wildman–Crippen MR) is 85.8 cm³/mol. The van der Waals surface area contributed by atoms with Crippen LogP contribution >= 0.6 is 0 Å². The van der Waals surface area contributed by atoms with E-state index in [9.17, 15) is 4.79 Å². The topological polar surface area (TPSA) is 58.4 Å². The minimum absolute atomic E-state index is 0.00750. The Morgan fingerprint density at radius 1 is 1.35 bits per heavy atom. The van der Waals surface area contributed by atoms with Crippen LogP contribution < -0.4 is 11.1 Å². The standard InChI is InChI=1S/C16H27N3O/c1-6-14(7-2)19(5)12(4)16(20)18-15-10-13(17)9-8-11(15)3/h8-10,12,14H,6-7,17H2,1-5H3,(H,18,20). The second-order valence-corrected chi connectivity index (χ2v) is 5.38.